The first kappa shape index (κ1) is 16.7. The summed E-state index contributed by atoms with van der Waals surface area (Å²) < 4.78 is 5.37. The van der Waals surface area contributed by atoms with Crippen molar-refractivity contribution in [2.75, 3.05) is 44.3 Å². The first-order valence-corrected chi connectivity index (χ1v) is 9.79. The number of nitrogens with zero attached hydrogens (tertiary/aromatic N) is 4. The molecular weight excluding hydrogens is 336 g/mol. The highest BCUT2D eigenvalue weighted by atomic mass is 32.1. The van der Waals surface area contributed by atoms with E-state index >= 15 is 0 Å². The van der Waals surface area contributed by atoms with Crippen LogP contribution in [-0.4, -0.2) is 60.2 Å². The summed E-state index contributed by atoms with van der Waals surface area (Å²) in [4.78, 5) is 28.5. The lowest BCUT2D eigenvalue weighted by Gasteiger charge is -2.36. The van der Waals surface area contributed by atoms with E-state index in [9.17, 15) is 4.79 Å². The monoisotopic (exact) mass is 360 g/mol. The van der Waals surface area contributed by atoms with Crippen molar-refractivity contribution < 1.29 is 9.53 Å². The molecule has 0 aliphatic carbocycles. The molecule has 2 aliphatic rings. The summed E-state index contributed by atoms with van der Waals surface area (Å²) in [5.74, 6) is 1.32. The van der Waals surface area contributed by atoms with E-state index in [0.717, 1.165) is 55.1 Å². The maximum Gasteiger partial charge on any atom is 0.227 e. The molecule has 1 amide bonds. The Balaban J connectivity index is 1.58. The number of carbonyl (C=O) groups excluding carboxylic acids is 1. The van der Waals surface area contributed by atoms with Gasteiger partial charge in [-0.25, -0.2) is 9.97 Å². The highest BCUT2D eigenvalue weighted by molar-refractivity contribution is 7.18. The Morgan fingerprint density at radius 2 is 2.04 bits per heavy atom. The van der Waals surface area contributed by atoms with Gasteiger partial charge in [-0.3, -0.25) is 4.79 Å². The Bertz CT molecular complexity index is 785. The van der Waals surface area contributed by atoms with Crippen LogP contribution in [0.5, 0.6) is 0 Å². The van der Waals surface area contributed by atoms with Crippen LogP contribution in [0, 0.1) is 19.8 Å². The van der Waals surface area contributed by atoms with E-state index in [1.54, 1.807) is 17.7 Å². The number of ether oxygens (including phenoxy) is 1. The molecule has 2 fully saturated rings. The number of aromatic nitrogens is 2. The summed E-state index contributed by atoms with van der Waals surface area (Å²) in [6, 6.07) is 0. The molecule has 2 saturated heterocycles. The Hall–Kier alpha value is -1.73. The molecule has 0 saturated carbocycles. The number of aryl methyl sites for hydroxylation is 2. The van der Waals surface area contributed by atoms with Crippen molar-refractivity contribution in [2.45, 2.75) is 26.7 Å². The van der Waals surface area contributed by atoms with Crippen LogP contribution in [0.25, 0.3) is 10.2 Å². The fourth-order valence-electron chi connectivity index (χ4n) is 3.82. The lowest BCUT2D eigenvalue weighted by atomic mass is 9.96. The van der Waals surface area contributed by atoms with Crippen LogP contribution in [0.15, 0.2) is 6.33 Å². The van der Waals surface area contributed by atoms with Gasteiger partial charge in [-0.05, 0) is 32.3 Å². The van der Waals surface area contributed by atoms with Gasteiger partial charge in [0.2, 0.25) is 5.91 Å². The molecule has 0 spiro atoms. The molecule has 0 unspecified atom stereocenters. The molecular formula is C18H24N4O2S. The molecule has 4 rings (SSSR count). The molecule has 2 aliphatic heterocycles. The summed E-state index contributed by atoms with van der Waals surface area (Å²) >= 11 is 1.72. The van der Waals surface area contributed by atoms with Crippen LogP contribution in [0.4, 0.5) is 5.82 Å². The predicted octanol–water partition coefficient (Wildman–Crippen LogP) is 2.38. The molecule has 2 aromatic heterocycles. The highest BCUT2D eigenvalue weighted by Crippen LogP contribution is 2.35. The number of anilines is 1. The van der Waals surface area contributed by atoms with Gasteiger partial charge in [0.25, 0.3) is 0 Å². The van der Waals surface area contributed by atoms with E-state index in [1.165, 1.54) is 10.4 Å². The minimum atomic E-state index is 0.0527. The number of morpholine rings is 1. The molecule has 2 aromatic rings. The topological polar surface area (TPSA) is 58.6 Å². The summed E-state index contributed by atoms with van der Waals surface area (Å²) in [7, 11) is 0. The maximum absolute atomic E-state index is 12.9. The standard InChI is InChI=1S/C18H24N4O2S/c1-12-13(2)25-17-15(12)16(19-11-20-17)22-5-3-4-14(10-22)18(23)21-6-8-24-9-7-21/h11,14H,3-10H2,1-2H3/t14-/m1/s1. The summed E-state index contributed by atoms with van der Waals surface area (Å²) in [5.41, 5.74) is 1.26. The average Bonchev–Trinajstić information content (AvgIpc) is 2.96. The second-order valence-corrected chi connectivity index (χ2v) is 8.09. The largest absolute Gasteiger partial charge is 0.378 e. The fraction of sp³-hybridized carbons (Fsp3) is 0.611. The molecule has 1 atom stereocenters. The summed E-state index contributed by atoms with van der Waals surface area (Å²) in [6.45, 7) is 8.72. The van der Waals surface area contributed by atoms with E-state index in [4.69, 9.17) is 4.74 Å². The van der Waals surface area contributed by atoms with E-state index in [1.807, 2.05) is 4.90 Å². The third-order valence-electron chi connectivity index (χ3n) is 5.34. The number of rotatable bonds is 2. The van der Waals surface area contributed by atoms with Gasteiger partial charge in [0.1, 0.15) is 17.0 Å². The van der Waals surface area contributed by atoms with Crippen molar-refractivity contribution in [3.05, 3.63) is 16.8 Å². The van der Waals surface area contributed by atoms with E-state index in [0.29, 0.717) is 13.2 Å². The smallest absolute Gasteiger partial charge is 0.227 e. The minimum absolute atomic E-state index is 0.0527. The van der Waals surface area contributed by atoms with Crippen LogP contribution >= 0.6 is 11.3 Å². The van der Waals surface area contributed by atoms with E-state index in [2.05, 4.69) is 28.7 Å². The van der Waals surface area contributed by atoms with Crippen LogP contribution in [0.3, 0.4) is 0 Å². The number of thiophene rings is 1. The molecule has 0 bridgehead atoms. The van der Waals surface area contributed by atoms with Gasteiger partial charge >= 0.3 is 0 Å². The minimum Gasteiger partial charge on any atom is -0.378 e. The third kappa shape index (κ3) is 3.11. The molecule has 0 N–H and O–H groups in total. The van der Waals surface area contributed by atoms with Crippen molar-refractivity contribution in [1.29, 1.82) is 0 Å². The molecule has 0 radical (unpaired) electrons. The highest BCUT2D eigenvalue weighted by Gasteiger charge is 2.31. The average molecular weight is 360 g/mol. The SMILES string of the molecule is Cc1sc2ncnc(N3CCC[C@@H](C(=O)N4CCOCC4)C3)c2c1C. The lowest BCUT2D eigenvalue weighted by Crippen LogP contribution is -2.48. The predicted molar refractivity (Wildman–Crippen MR) is 99.2 cm³/mol. The molecule has 4 heterocycles. The second kappa shape index (κ2) is 6.88. The maximum atomic E-state index is 12.9. The zero-order valence-electron chi connectivity index (χ0n) is 14.8. The molecule has 6 nitrogen and oxygen atoms in total. The van der Waals surface area contributed by atoms with Crippen molar-refractivity contribution in [3.8, 4) is 0 Å². The van der Waals surface area contributed by atoms with E-state index in [-0.39, 0.29) is 11.8 Å². The lowest BCUT2D eigenvalue weighted by molar-refractivity contribution is -0.139. The Morgan fingerprint density at radius 3 is 2.84 bits per heavy atom. The molecule has 7 heteroatoms. The van der Waals surface area contributed by atoms with Gasteiger partial charge in [0.05, 0.1) is 24.5 Å². The Labute approximate surface area is 151 Å². The first-order chi connectivity index (χ1) is 12.1. The molecule has 134 valence electrons. The Morgan fingerprint density at radius 1 is 1.24 bits per heavy atom. The van der Waals surface area contributed by atoms with Gasteiger partial charge in [0, 0.05) is 31.1 Å². The van der Waals surface area contributed by atoms with Crippen molar-refractivity contribution in [3.63, 3.8) is 0 Å². The van der Waals surface area contributed by atoms with Crippen molar-refractivity contribution in [1.82, 2.24) is 14.9 Å². The second-order valence-electron chi connectivity index (χ2n) is 6.88. The number of hydrogen-bond donors (Lipinski definition) is 0. The molecule has 25 heavy (non-hydrogen) atoms. The number of carbonyl (C=O) groups is 1. The third-order valence-corrected chi connectivity index (χ3v) is 6.45. The summed E-state index contributed by atoms with van der Waals surface area (Å²) in [5, 5.41) is 1.16. The van der Waals surface area contributed by atoms with Gasteiger partial charge < -0.3 is 14.5 Å². The van der Waals surface area contributed by atoms with Gasteiger partial charge in [-0.2, -0.15) is 0 Å². The number of piperidine rings is 1. The number of hydrogen-bond acceptors (Lipinski definition) is 6. The molecule has 0 aromatic carbocycles. The zero-order valence-corrected chi connectivity index (χ0v) is 15.6. The first-order valence-electron chi connectivity index (χ1n) is 8.97. The van der Waals surface area contributed by atoms with Crippen molar-refractivity contribution >= 4 is 33.3 Å². The van der Waals surface area contributed by atoms with Gasteiger partial charge in [-0.1, -0.05) is 0 Å². The van der Waals surface area contributed by atoms with Crippen LogP contribution in [0.1, 0.15) is 23.3 Å². The normalized spacial score (nSPS) is 21.8. The number of fused-ring (bicyclic) bond motifs is 1. The quantitative estimate of drug-likeness (QED) is 0.823. The van der Waals surface area contributed by atoms with Crippen LogP contribution in [0.2, 0.25) is 0 Å². The van der Waals surface area contributed by atoms with Crippen LogP contribution < -0.4 is 4.90 Å². The van der Waals surface area contributed by atoms with Gasteiger partial charge in [0.15, 0.2) is 0 Å². The summed E-state index contributed by atoms with van der Waals surface area (Å²) in [6.07, 6.45) is 3.64. The number of amides is 1. The van der Waals surface area contributed by atoms with Crippen LogP contribution in [-0.2, 0) is 9.53 Å². The Kier molecular flexibility index (Phi) is 4.60. The van der Waals surface area contributed by atoms with E-state index < -0.39 is 0 Å². The zero-order chi connectivity index (χ0) is 17.4. The van der Waals surface area contributed by atoms with Gasteiger partial charge in [-0.15, -0.1) is 11.3 Å². The van der Waals surface area contributed by atoms with Crippen molar-refractivity contribution in [2.24, 2.45) is 5.92 Å². The fourth-order valence-corrected chi connectivity index (χ4v) is 4.81.